The van der Waals surface area contributed by atoms with Crippen LogP contribution in [0.2, 0.25) is 0 Å². The summed E-state index contributed by atoms with van der Waals surface area (Å²) in [7, 11) is -3.72. The molecule has 7 nitrogen and oxygen atoms in total. The number of sulfonamides is 1. The summed E-state index contributed by atoms with van der Waals surface area (Å²) in [5, 5.41) is 0. The Morgan fingerprint density at radius 3 is 2.67 bits per heavy atom. The monoisotopic (exact) mass is 471 g/mol. The van der Waals surface area contributed by atoms with Gasteiger partial charge in [-0.25, -0.2) is 13.1 Å². The first kappa shape index (κ1) is 20.0. The smallest absolute Gasteiger partial charge is 0.273 e. The zero-order valence-electron chi connectivity index (χ0n) is 14.2. The molecule has 3 N–H and O–H groups in total. The van der Waals surface area contributed by atoms with E-state index in [4.69, 9.17) is 0 Å². The quantitative estimate of drug-likeness (QED) is 0.561. The first-order valence-electron chi connectivity index (χ1n) is 8.32. The van der Waals surface area contributed by atoms with E-state index in [-0.39, 0.29) is 23.8 Å². The van der Waals surface area contributed by atoms with Gasteiger partial charge in [-0.3, -0.25) is 20.4 Å². The van der Waals surface area contributed by atoms with Crippen molar-refractivity contribution in [1.29, 1.82) is 0 Å². The molecule has 0 aliphatic heterocycles. The van der Waals surface area contributed by atoms with Crippen molar-refractivity contribution in [2.45, 2.75) is 30.6 Å². The number of nitrogens with one attached hydrogen (secondary N) is 3. The second kappa shape index (κ2) is 8.51. The van der Waals surface area contributed by atoms with E-state index in [1.165, 1.54) is 27.8 Å². The van der Waals surface area contributed by atoms with Crippen molar-refractivity contribution >= 4 is 49.1 Å². The number of hydrazine groups is 1. The molecule has 144 valence electrons. The molecular weight excluding hydrogens is 454 g/mol. The number of hydrogen-bond acceptors (Lipinski definition) is 5. The first-order valence-corrected chi connectivity index (χ1v) is 11.4. The number of halogens is 1. The van der Waals surface area contributed by atoms with Crippen LogP contribution in [0.25, 0.3) is 0 Å². The van der Waals surface area contributed by atoms with Crippen LogP contribution in [-0.2, 0) is 27.7 Å². The number of fused-ring (bicyclic) bond motifs is 1. The highest BCUT2D eigenvalue weighted by molar-refractivity contribution is 9.10. The molecular formula is C17H18BrN3O4S2. The van der Waals surface area contributed by atoms with Gasteiger partial charge < -0.3 is 0 Å². The number of carbonyl (C=O) groups is 2. The van der Waals surface area contributed by atoms with Crippen LogP contribution in [0.4, 0.5) is 0 Å². The topological polar surface area (TPSA) is 104 Å². The molecule has 0 saturated carbocycles. The lowest BCUT2D eigenvalue weighted by Crippen LogP contribution is -2.42. The van der Waals surface area contributed by atoms with E-state index in [1.807, 2.05) is 6.07 Å². The highest BCUT2D eigenvalue weighted by Crippen LogP contribution is 2.30. The van der Waals surface area contributed by atoms with Gasteiger partial charge in [0.05, 0.1) is 9.77 Å². The first-order chi connectivity index (χ1) is 12.9. The normalized spacial score (nSPS) is 13.2. The van der Waals surface area contributed by atoms with Crippen molar-refractivity contribution in [3.63, 3.8) is 0 Å². The van der Waals surface area contributed by atoms with Gasteiger partial charge in [0, 0.05) is 22.3 Å². The molecule has 0 saturated heterocycles. The Bertz CT molecular complexity index is 951. The summed E-state index contributed by atoms with van der Waals surface area (Å²) in [6, 6.07) is 8.27. The van der Waals surface area contributed by atoms with E-state index in [9.17, 15) is 18.0 Å². The van der Waals surface area contributed by atoms with E-state index < -0.39 is 15.9 Å². The summed E-state index contributed by atoms with van der Waals surface area (Å²) < 4.78 is 27.2. The highest BCUT2D eigenvalue weighted by atomic mass is 79.9. The zero-order chi connectivity index (χ0) is 19.4. The van der Waals surface area contributed by atoms with Gasteiger partial charge >= 0.3 is 0 Å². The number of rotatable bonds is 6. The van der Waals surface area contributed by atoms with E-state index in [1.54, 1.807) is 18.2 Å². The van der Waals surface area contributed by atoms with Gasteiger partial charge in [0.15, 0.2) is 0 Å². The lowest BCUT2D eigenvalue weighted by molar-refractivity contribution is -0.121. The third kappa shape index (κ3) is 4.95. The van der Waals surface area contributed by atoms with Crippen molar-refractivity contribution in [1.82, 2.24) is 15.6 Å². The van der Waals surface area contributed by atoms with Crippen LogP contribution in [0.3, 0.4) is 0 Å². The minimum atomic E-state index is -3.72. The molecule has 1 heterocycles. The molecule has 10 heteroatoms. The van der Waals surface area contributed by atoms with Gasteiger partial charge in [-0.2, -0.15) is 0 Å². The predicted octanol–water partition coefficient (Wildman–Crippen LogP) is 2.13. The van der Waals surface area contributed by atoms with Gasteiger partial charge in [-0.15, -0.1) is 11.3 Å². The Labute approximate surface area is 169 Å². The molecule has 0 atom stereocenters. The van der Waals surface area contributed by atoms with E-state index >= 15 is 0 Å². The number of amides is 2. The molecule has 3 rings (SSSR count). The number of thiophene rings is 1. The molecule has 1 aliphatic carbocycles. The average Bonchev–Trinajstić information content (AvgIpc) is 3.21. The van der Waals surface area contributed by atoms with Crippen LogP contribution in [0.5, 0.6) is 0 Å². The fourth-order valence-electron chi connectivity index (χ4n) is 2.73. The third-order valence-electron chi connectivity index (χ3n) is 4.06. The van der Waals surface area contributed by atoms with Gasteiger partial charge in [-0.1, -0.05) is 12.1 Å². The maximum atomic E-state index is 12.2. The van der Waals surface area contributed by atoms with Gasteiger partial charge in [-0.05, 0) is 59.0 Å². The number of benzene rings is 1. The van der Waals surface area contributed by atoms with Crippen molar-refractivity contribution in [2.75, 3.05) is 6.54 Å². The van der Waals surface area contributed by atoms with Gasteiger partial charge in [0.1, 0.15) is 0 Å². The highest BCUT2D eigenvalue weighted by Gasteiger charge is 2.19. The Kier molecular flexibility index (Phi) is 6.30. The third-order valence-corrected chi connectivity index (χ3v) is 7.77. The molecule has 0 radical (unpaired) electrons. The summed E-state index contributed by atoms with van der Waals surface area (Å²) in [5.41, 5.74) is 5.88. The summed E-state index contributed by atoms with van der Waals surface area (Å²) in [4.78, 5) is 25.8. The van der Waals surface area contributed by atoms with Crippen LogP contribution in [0.1, 0.15) is 33.0 Å². The number of carbonyl (C=O) groups excluding carboxylic acids is 2. The van der Waals surface area contributed by atoms with Crippen LogP contribution < -0.4 is 15.6 Å². The SMILES string of the molecule is O=C(CCNS(=O)(=O)c1ccccc1Br)NNC(=O)c1cc2c(s1)CCC2. The van der Waals surface area contributed by atoms with Crippen LogP contribution in [0, 0.1) is 0 Å². The molecule has 1 aromatic carbocycles. The molecule has 27 heavy (non-hydrogen) atoms. The molecule has 1 aromatic heterocycles. The Hall–Kier alpha value is -1.75. The molecule has 0 spiro atoms. The maximum Gasteiger partial charge on any atom is 0.279 e. The minimum Gasteiger partial charge on any atom is -0.273 e. The minimum absolute atomic E-state index is 0.0847. The summed E-state index contributed by atoms with van der Waals surface area (Å²) in [5.74, 6) is -0.848. The molecule has 0 bridgehead atoms. The van der Waals surface area contributed by atoms with Crippen molar-refractivity contribution < 1.29 is 18.0 Å². The fourth-order valence-corrected chi connectivity index (χ4v) is 5.91. The van der Waals surface area contributed by atoms with Crippen molar-refractivity contribution in [3.05, 3.63) is 50.1 Å². The van der Waals surface area contributed by atoms with E-state index in [0.717, 1.165) is 19.3 Å². The maximum absolute atomic E-state index is 12.2. The second-order valence-corrected chi connectivity index (χ2v) is 9.72. The molecule has 2 aromatic rings. The largest absolute Gasteiger partial charge is 0.279 e. The lowest BCUT2D eigenvalue weighted by Gasteiger charge is -2.09. The Balaban J connectivity index is 1.44. The van der Waals surface area contributed by atoms with Gasteiger partial charge in [0.25, 0.3) is 5.91 Å². The predicted molar refractivity (Wildman–Crippen MR) is 106 cm³/mol. The Morgan fingerprint density at radius 1 is 1.15 bits per heavy atom. The lowest BCUT2D eigenvalue weighted by atomic mass is 10.2. The summed E-state index contributed by atoms with van der Waals surface area (Å²) in [6.45, 7) is -0.0847. The van der Waals surface area contributed by atoms with Gasteiger partial charge in [0.2, 0.25) is 15.9 Å². The van der Waals surface area contributed by atoms with E-state index in [0.29, 0.717) is 9.35 Å². The number of hydrogen-bond donors (Lipinski definition) is 3. The molecule has 2 amide bonds. The Morgan fingerprint density at radius 2 is 1.93 bits per heavy atom. The summed E-state index contributed by atoms with van der Waals surface area (Å²) >= 11 is 4.63. The zero-order valence-corrected chi connectivity index (χ0v) is 17.5. The molecule has 1 aliphatic rings. The number of aryl methyl sites for hydroxylation is 2. The fraction of sp³-hybridized carbons (Fsp3) is 0.294. The summed E-state index contributed by atoms with van der Waals surface area (Å²) in [6.07, 6.45) is 3.00. The van der Waals surface area contributed by atoms with Crippen molar-refractivity contribution in [3.8, 4) is 0 Å². The van der Waals surface area contributed by atoms with E-state index in [2.05, 4.69) is 31.5 Å². The van der Waals surface area contributed by atoms with Crippen molar-refractivity contribution in [2.24, 2.45) is 0 Å². The van der Waals surface area contributed by atoms with Crippen LogP contribution >= 0.6 is 27.3 Å². The van der Waals surface area contributed by atoms with Crippen LogP contribution in [0.15, 0.2) is 39.7 Å². The van der Waals surface area contributed by atoms with Crippen LogP contribution in [-0.4, -0.2) is 26.8 Å². The molecule has 0 fully saturated rings. The average molecular weight is 472 g/mol. The molecule has 0 unspecified atom stereocenters. The standard InChI is InChI=1S/C17H18BrN3O4S2/c18-12-5-1-2-7-15(12)27(24,25)19-9-8-16(22)20-21-17(23)14-10-11-4-3-6-13(11)26-14/h1-2,5,7,10,19H,3-4,6,8-9H2,(H,20,22)(H,21,23). The second-order valence-electron chi connectivity index (χ2n) is 5.99.